The van der Waals surface area contributed by atoms with Gasteiger partial charge in [-0.15, -0.1) is 0 Å². The number of carbonyl (C=O) groups is 1. The van der Waals surface area contributed by atoms with Crippen molar-refractivity contribution in [3.05, 3.63) is 39.4 Å². The molecule has 0 aliphatic heterocycles. The van der Waals surface area contributed by atoms with E-state index in [1.54, 1.807) is 0 Å². The highest BCUT2D eigenvalue weighted by Gasteiger charge is 2.30. The van der Waals surface area contributed by atoms with Gasteiger partial charge in [-0.3, -0.25) is 14.9 Å². The summed E-state index contributed by atoms with van der Waals surface area (Å²) in [7, 11) is 1.43. The van der Waals surface area contributed by atoms with Crippen LogP contribution < -0.4 is 0 Å². The van der Waals surface area contributed by atoms with Gasteiger partial charge < -0.3 is 4.90 Å². The molecule has 0 atom stereocenters. The maximum absolute atomic E-state index is 13.8. The van der Waals surface area contributed by atoms with Crippen LogP contribution in [0.15, 0.2) is 12.1 Å². The van der Waals surface area contributed by atoms with Crippen molar-refractivity contribution in [1.82, 2.24) is 4.90 Å². The zero-order valence-electron chi connectivity index (χ0n) is 10.2. The fraction of sp³-hybridized carbons (Fsp3) is 0.417. The van der Waals surface area contributed by atoms with Crippen LogP contribution in [-0.4, -0.2) is 29.3 Å². The second-order valence-electron chi connectivity index (χ2n) is 4.64. The minimum absolute atomic E-state index is 0.360. The number of nitrogens with zero attached hydrogens (tertiary/aromatic N) is 2. The molecule has 1 aliphatic rings. The number of carbonyl (C=O) groups excluding carboxylic acids is 1. The van der Waals surface area contributed by atoms with Gasteiger partial charge >= 0.3 is 5.69 Å². The van der Waals surface area contributed by atoms with E-state index in [1.165, 1.54) is 11.9 Å². The number of benzene rings is 1. The molecule has 0 unspecified atom stereocenters. The molecule has 0 radical (unpaired) electrons. The van der Waals surface area contributed by atoms with Crippen molar-refractivity contribution >= 4 is 11.6 Å². The minimum atomic E-state index is -1.42. The molecule has 0 aromatic heterocycles. The Morgan fingerprint density at radius 3 is 2.63 bits per heavy atom. The van der Waals surface area contributed by atoms with Crippen LogP contribution in [0.2, 0.25) is 0 Å². The molecule has 2 rings (SSSR count). The second kappa shape index (κ2) is 4.91. The van der Waals surface area contributed by atoms with Crippen LogP contribution >= 0.6 is 0 Å². The number of hydrogen-bond donors (Lipinski definition) is 0. The minimum Gasteiger partial charge on any atom is -0.341 e. The standard InChI is InChI=1S/C12H12F2N2O3/c1-15(6-7-2-3-7)12(17)10-8(13)4-5-9(11(10)14)16(18)19/h4-5,7H,2-3,6H2,1H3. The quantitative estimate of drug-likeness (QED) is 0.623. The molecular weight excluding hydrogens is 258 g/mol. The highest BCUT2D eigenvalue weighted by Crippen LogP contribution is 2.30. The molecule has 102 valence electrons. The molecular formula is C12H12F2N2O3. The third-order valence-electron chi connectivity index (χ3n) is 3.06. The molecule has 7 heteroatoms. The third-order valence-corrected chi connectivity index (χ3v) is 3.06. The van der Waals surface area contributed by atoms with E-state index in [0.29, 0.717) is 18.5 Å². The first-order valence-electron chi connectivity index (χ1n) is 5.79. The van der Waals surface area contributed by atoms with Crippen LogP contribution in [0.3, 0.4) is 0 Å². The van der Waals surface area contributed by atoms with Crippen molar-refractivity contribution < 1.29 is 18.5 Å². The van der Waals surface area contributed by atoms with Crippen molar-refractivity contribution in [3.63, 3.8) is 0 Å². The molecule has 1 aromatic carbocycles. The molecule has 1 saturated carbocycles. The topological polar surface area (TPSA) is 63.5 Å². The summed E-state index contributed by atoms with van der Waals surface area (Å²) in [6, 6.07) is 1.45. The summed E-state index contributed by atoms with van der Waals surface area (Å²) in [4.78, 5) is 22.7. The number of hydrogen-bond acceptors (Lipinski definition) is 3. The SMILES string of the molecule is CN(CC1CC1)C(=O)c1c(F)ccc([N+](=O)[O-])c1F. The largest absolute Gasteiger partial charge is 0.341 e. The first kappa shape index (κ1) is 13.4. The van der Waals surface area contributed by atoms with Crippen LogP contribution in [0.4, 0.5) is 14.5 Å². The predicted octanol–water partition coefficient (Wildman–Crippen LogP) is 2.36. The lowest BCUT2D eigenvalue weighted by molar-refractivity contribution is -0.387. The predicted molar refractivity (Wildman–Crippen MR) is 62.7 cm³/mol. The lowest BCUT2D eigenvalue weighted by atomic mass is 10.1. The van der Waals surface area contributed by atoms with Gasteiger partial charge in [-0.1, -0.05) is 0 Å². The number of amides is 1. The van der Waals surface area contributed by atoms with Crippen LogP contribution in [0.5, 0.6) is 0 Å². The van der Waals surface area contributed by atoms with Gasteiger partial charge in [-0.05, 0) is 24.8 Å². The Bertz CT molecular complexity index is 544. The smallest absolute Gasteiger partial charge is 0.305 e. The van der Waals surface area contributed by atoms with Crippen molar-refractivity contribution in [2.75, 3.05) is 13.6 Å². The fourth-order valence-electron chi connectivity index (χ4n) is 1.84. The van der Waals surface area contributed by atoms with Crippen molar-refractivity contribution in [3.8, 4) is 0 Å². The van der Waals surface area contributed by atoms with Gasteiger partial charge in [0, 0.05) is 19.7 Å². The molecule has 0 heterocycles. The number of nitro groups is 1. The number of halogens is 2. The molecule has 19 heavy (non-hydrogen) atoms. The summed E-state index contributed by atoms with van der Waals surface area (Å²) >= 11 is 0. The molecule has 0 spiro atoms. The van der Waals surface area contributed by atoms with Crippen molar-refractivity contribution in [2.24, 2.45) is 5.92 Å². The van der Waals surface area contributed by atoms with Gasteiger partial charge in [0.05, 0.1) is 4.92 Å². The molecule has 5 nitrogen and oxygen atoms in total. The average molecular weight is 270 g/mol. The van der Waals surface area contributed by atoms with E-state index in [4.69, 9.17) is 0 Å². The van der Waals surface area contributed by atoms with Gasteiger partial charge in [-0.25, -0.2) is 4.39 Å². The zero-order valence-corrected chi connectivity index (χ0v) is 10.2. The van der Waals surface area contributed by atoms with Gasteiger partial charge in [0.25, 0.3) is 5.91 Å². The van der Waals surface area contributed by atoms with Crippen LogP contribution in [0.1, 0.15) is 23.2 Å². The zero-order chi connectivity index (χ0) is 14.2. The van der Waals surface area contributed by atoms with Crippen molar-refractivity contribution in [2.45, 2.75) is 12.8 Å². The number of rotatable bonds is 4. The van der Waals surface area contributed by atoms with E-state index in [0.717, 1.165) is 18.9 Å². The van der Waals surface area contributed by atoms with E-state index in [9.17, 15) is 23.7 Å². The molecule has 0 saturated heterocycles. The maximum Gasteiger partial charge on any atom is 0.305 e. The third kappa shape index (κ3) is 2.69. The Labute approximate surface area is 108 Å². The molecule has 1 aliphatic carbocycles. The van der Waals surface area contributed by atoms with E-state index in [2.05, 4.69) is 0 Å². The fourth-order valence-corrected chi connectivity index (χ4v) is 1.84. The first-order valence-corrected chi connectivity index (χ1v) is 5.79. The van der Waals surface area contributed by atoms with Gasteiger partial charge in [-0.2, -0.15) is 4.39 Å². The van der Waals surface area contributed by atoms with Crippen LogP contribution in [-0.2, 0) is 0 Å². The summed E-state index contributed by atoms with van der Waals surface area (Å²) in [5.41, 5.74) is -1.76. The summed E-state index contributed by atoms with van der Waals surface area (Å²) in [5.74, 6) is -3.02. The Morgan fingerprint density at radius 1 is 1.47 bits per heavy atom. The Kier molecular flexibility index (Phi) is 3.46. The van der Waals surface area contributed by atoms with E-state index in [1.807, 2.05) is 0 Å². The second-order valence-corrected chi connectivity index (χ2v) is 4.64. The molecule has 1 aromatic rings. The van der Waals surface area contributed by atoms with E-state index in [-0.39, 0.29) is 0 Å². The van der Waals surface area contributed by atoms with Gasteiger partial charge in [0.2, 0.25) is 5.82 Å². The van der Waals surface area contributed by atoms with Crippen LogP contribution in [0, 0.1) is 27.7 Å². The Hall–Kier alpha value is -2.05. The maximum atomic E-state index is 13.8. The average Bonchev–Trinajstić information content (AvgIpc) is 3.12. The van der Waals surface area contributed by atoms with Gasteiger partial charge in [0.1, 0.15) is 11.4 Å². The summed E-state index contributed by atoms with van der Waals surface area (Å²) in [6.45, 7) is 0.403. The molecule has 1 fully saturated rings. The van der Waals surface area contributed by atoms with E-state index < -0.39 is 33.7 Å². The highest BCUT2D eigenvalue weighted by atomic mass is 19.1. The van der Waals surface area contributed by atoms with E-state index >= 15 is 0 Å². The number of nitro benzene ring substituents is 1. The monoisotopic (exact) mass is 270 g/mol. The molecule has 1 amide bonds. The van der Waals surface area contributed by atoms with Crippen molar-refractivity contribution in [1.29, 1.82) is 0 Å². The molecule has 0 bridgehead atoms. The summed E-state index contributed by atoms with van der Waals surface area (Å²) in [5, 5.41) is 10.6. The van der Waals surface area contributed by atoms with Gasteiger partial charge in [0.15, 0.2) is 0 Å². The summed E-state index contributed by atoms with van der Waals surface area (Å²) in [6.07, 6.45) is 1.97. The normalized spacial score (nSPS) is 14.3. The Balaban J connectivity index is 2.34. The molecule has 0 N–H and O–H groups in total. The summed E-state index contributed by atoms with van der Waals surface area (Å²) < 4.78 is 27.4. The van der Waals surface area contributed by atoms with Crippen LogP contribution in [0.25, 0.3) is 0 Å². The lowest BCUT2D eigenvalue weighted by Gasteiger charge is -2.17. The highest BCUT2D eigenvalue weighted by molar-refractivity contribution is 5.95. The Morgan fingerprint density at radius 2 is 2.11 bits per heavy atom. The lowest BCUT2D eigenvalue weighted by Crippen LogP contribution is -2.30. The first-order chi connectivity index (χ1) is 8.91.